The second-order valence-corrected chi connectivity index (χ2v) is 6.59. The molecule has 0 bridgehead atoms. The molecular weight excluding hydrogens is 406 g/mol. The molecule has 1 unspecified atom stereocenters. The van der Waals surface area contributed by atoms with Crippen molar-refractivity contribution in [1.82, 2.24) is 5.32 Å². The summed E-state index contributed by atoms with van der Waals surface area (Å²) in [7, 11) is 3.06. The van der Waals surface area contributed by atoms with Crippen LogP contribution in [0.15, 0.2) is 52.9 Å². The molecule has 9 heteroatoms. The summed E-state index contributed by atoms with van der Waals surface area (Å²) in [5.74, 6) is -0.650. The van der Waals surface area contributed by atoms with E-state index >= 15 is 0 Å². The zero-order valence-corrected chi connectivity index (χ0v) is 17.1. The summed E-state index contributed by atoms with van der Waals surface area (Å²) in [5, 5.41) is 12.5. The first-order valence-electron chi connectivity index (χ1n) is 9.40. The lowest BCUT2D eigenvalue weighted by atomic mass is 10.2. The van der Waals surface area contributed by atoms with Crippen LogP contribution in [-0.4, -0.2) is 50.6 Å². The average Bonchev–Trinajstić information content (AvgIpc) is 3.20. The van der Waals surface area contributed by atoms with Crippen molar-refractivity contribution in [2.75, 3.05) is 27.6 Å². The number of hydrogen-bond acceptors (Lipinski definition) is 7. The largest absolute Gasteiger partial charge is 0.497 e. The van der Waals surface area contributed by atoms with Gasteiger partial charge in [0.25, 0.3) is 5.91 Å². The molecule has 0 aliphatic rings. The van der Waals surface area contributed by atoms with E-state index in [0.717, 1.165) is 5.56 Å². The van der Waals surface area contributed by atoms with Crippen LogP contribution in [0.5, 0.6) is 11.5 Å². The van der Waals surface area contributed by atoms with E-state index in [4.69, 9.17) is 23.4 Å². The molecule has 0 saturated carbocycles. The fourth-order valence-electron chi connectivity index (χ4n) is 2.81. The molecule has 1 amide bonds. The van der Waals surface area contributed by atoms with Gasteiger partial charge in [-0.2, -0.15) is 0 Å². The molecule has 31 heavy (non-hydrogen) atoms. The molecule has 0 fully saturated rings. The van der Waals surface area contributed by atoms with Gasteiger partial charge in [-0.1, -0.05) is 12.1 Å². The maximum absolute atomic E-state index is 12.5. The van der Waals surface area contributed by atoms with Crippen LogP contribution in [-0.2, 0) is 20.9 Å². The van der Waals surface area contributed by atoms with Crippen LogP contribution in [0.25, 0.3) is 11.0 Å². The minimum absolute atomic E-state index is 0.00232. The van der Waals surface area contributed by atoms with Gasteiger partial charge in [0.05, 0.1) is 20.3 Å². The van der Waals surface area contributed by atoms with E-state index in [0.29, 0.717) is 22.5 Å². The number of carbonyl (C=O) groups excluding carboxylic acids is 1. The summed E-state index contributed by atoms with van der Waals surface area (Å²) >= 11 is 0. The van der Waals surface area contributed by atoms with Gasteiger partial charge in [0.1, 0.15) is 17.1 Å². The lowest BCUT2D eigenvalue weighted by molar-refractivity contribution is -0.141. The van der Waals surface area contributed by atoms with Gasteiger partial charge >= 0.3 is 5.97 Å². The van der Waals surface area contributed by atoms with Gasteiger partial charge < -0.3 is 33.8 Å². The van der Waals surface area contributed by atoms with Gasteiger partial charge in [-0.15, -0.1) is 0 Å². The molecule has 164 valence electrons. The number of carboxylic acid groups (broad SMARTS) is 1. The van der Waals surface area contributed by atoms with Crippen LogP contribution in [0.2, 0.25) is 0 Å². The van der Waals surface area contributed by atoms with Crippen molar-refractivity contribution in [2.45, 2.75) is 12.6 Å². The molecular formula is C22H23NO8. The van der Waals surface area contributed by atoms with Crippen molar-refractivity contribution in [3.05, 3.63) is 59.9 Å². The Bertz CT molecular complexity index is 1040. The van der Waals surface area contributed by atoms with Gasteiger partial charge in [0.2, 0.25) is 0 Å². The second-order valence-electron chi connectivity index (χ2n) is 6.59. The van der Waals surface area contributed by atoms with Crippen LogP contribution >= 0.6 is 0 Å². The number of nitrogens with one attached hydrogen (secondary N) is 1. The number of rotatable bonds is 11. The molecule has 1 heterocycles. The van der Waals surface area contributed by atoms with E-state index in [9.17, 15) is 14.7 Å². The number of aliphatic carboxylic acids is 1. The molecule has 0 aliphatic carbocycles. The fourth-order valence-corrected chi connectivity index (χ4v) is 2.81. The summed E-state index contributed by atoms with van der Waals surface area (Å²) in [6.07, 6.45) is 0. The predicted molar refractivity (Wildman–Crippen MR) is 110 cm³/mol. The molecule has 9 nitrogen and oxygen atoms in total. The summed E-state index contributed by atoms with van der Waals surface area (Å²) in [5.41, 5.74) is 1.28. The number of methoxy groups -OCH3 is 2. The Morgan fingerprint density at radius 2 is 1.94 bits per heavy atom. The average molecular weight is 429 g/mol. The standard InChI is InChI=1S/C22H23NO8/c1-27-13-30-17-5-3-4-14(8-17)11-29-12-18(22(25)26)23-21(24)20-10-15-9-16(28-2)6-7-19(15)31-20/h3-10,18H,11-13H2,1-2H3,(H,23,24)(H,25,26). The van der Waals surface area contributed by atoms with E-state index in [1.165, 1.54) is 20.3 Å². The SMILES string of the molecule is COCOc1cccc(COCC(NC(=O)c2cc3cc(OC)ccc3o2)C(=O)O)c1. The van der Waals surface area contributed by atoms with E-state index in [2.05, 4.69) is 5.32 Å². The molecule has 1 atom stereocenters. The quantitative estimate of drug-likeness (QED) is 0.447. The third-order valence-electron chi connectivity index (χ3n) is 4.35. The number of carboxylic acids is 1. The van der Waals surface area contributed by atoms with Gasteiger partial charge in [-0.05, 0) is 42.0 Å². The zero-order valence-electron chi connectivity index (χ0n) is 17.1. The van der Waals surface area contributed by atoms with Gasteiger partial charge in [-0.25, -0.2) is 4.79 Å². The topological polar surface area (TPSA) is 116 Å². The lowest BCUT2D eigenvalue weighted by Gasteiger charge is -2.14. The van der Waals surface area contributed by atoms with Crippen molar-refractivity contribution in [3.8, 4) is 11.5 Å². The molecule has 3 rings (SSSR count). The first-order valence-corrected chi connectivity index (χ1v) is 9.40. The third-order valence-corrected chi connectivity index (χ3v) is 4.35. The molecule has 1 aromatic heterocycles. The number of furan rings is 1. The number of benzene rings is 2. The third kappa shape index (κ3) is 5.97. The molecule has 2 aromatic carbocycles. The Labute approximate surface area is 178 Å². The fraction of sp³-hybridized carbons (Fsp3) is 0.273. The highest BCUT2D eigenvalue weighted by molar-refractivity contribution is 5.98. The molecule has 0 radical (unpaired) electrons. The summed E-state index contributed by atoms with van der Waals surface area (Å²) in [4.78, 5) is 24.0. The van der Waals surface area contributed by atoms with Crippen molar-refractivity contribution in [1.29, 1.82) is 0 Å². The summed E-state index contributed by atoms with van der Waals surface area (Å²) in [6.45, 7) is 0.0402. The minimum atomic E-state index is -1.25. The van der Waals surface area contributed by atoms with Crippen molar-refractivity contribution >= 4 is 22.8 Å². The van der Waals surface area contributed by atoms with Crippen molar-refractivity contribution in [3.63, 3.8) is 0 Å². The van der Waals surface area contributed by atoms with Crippen LogP contribution in [0.4, 0.5) is 0 Å². The number of ether oxygens (including phenoxy) is 4. The van der Waals surface area contributed by atoms with Crippen molar-refractivity contribution < 1.29 is 38.1 Å². The van der Waals surface area contributed by atoms with E-state index in [1.807, 2.05) is 6.07 Å². The van der Waals surface area contributed by atoms with E-state index < -0.39 is 17.9 Å². The maximum Gasteiger partial charge on any atom is 0.328 e. The monoisotopic (exact) mass is 429 g/mol. The van der Waals surface area contributed by atoms with E-state index in [-0.39, 0.29) is 25.8 Å². The van der Waals surface area contributed by atoms with E-state index in [1.54, 1.807) is 36.4 Å². The highest BCUT2D eigenvalue weighted by Gasteiger charge is 2.23. The van der Waals surface area contributed by atoms with Gasteiger partial charge in [-0.3, -0.25) is 4.79 Å². The smallest absolute Gasteiger partial charge is 0.328 e. The normalized spacial score (nSPS) is 11.8. The molecule has 3 aromatic rings. The number of fused-ring (bicyclic) bond motifs is 1. The zero-order chi connectivity index (χ0) is 22.2. The van der Waals surface area contributed by atoms with Crippen LogP contribution in [0, 0.1) is 0 Å². The highest BCUT2D eigenvalue weighted by atomic mass is 16.7. The Kier molecular flexibility index (Phi) is 7.47. The van der Waals surface area contributed by atoms with Crippen LogP contribution < -0.4 is 14.8 Å². The van der Waals surface area contributed by atoms with Crippen molar-refractivity contribution in [2.24, 2.45) is 0 Å². The minimum Gasteiger partial charge on any atom is -0.497 e. The van der Waals surface area contributed by atoms with Crippen LogP contribution in [0.3, 0.4) is 0 Å². The number of hydrogen-bond donors (Lipinski definition) is 2. The number of carbonyl (C=O) groups is 2. The maximum atomic E-state index is 12.5. The Morgan fingerprint density at radius 3 is 2.68 bits per heavy atom. The first kappa shape index (κ1) is 22.1. The first-order chi connectivity index (χ1) is 15.0. The Balaban J connectivity index is 1.58. The predicted octanol–water partition coefficient (Wildman–Crippen LogP) is 2.82. The van der Waals surface area contributed by atoms with Crippen LogP contribution in [0.1, 0.15) is 16.1 Å². The Hall–Kier alpha value is -3.56. The number of amides is 1. The van der Waals surface area contributed by atoms with Gasteiger partial charge in [0, 0.05) is 12.5 Å². The summed E-state index contributed by atoms with van der Waals surface area (Å²) in [6, 6.07) is 12.5. The van der Waals surface area contributed by atoms with Gasteiger partial charge in [0.15, 0.2) is 18.6 Å². The molecule has 0 saturated heterocycles. The molecule has 0 spiro atoms. The molecule has 0 aliphatic heterocycles. The summed E-state index contributed by atoms with van der Waals surface area (Å²) < 4.78 is 26.4. The second kappa shape index (κ2) is 10.5. The lowest BCUT2D eigenvalue weighted by Crippen LogP contribution is -2.43. The highest BCUT2D eigenvalue weighted by Crippen LogP contribution is 2.24. The molecule has 2 N–H and O–H groups in total. The Morgan fingerprint density at radius 1 is 1.10 bits per heavy atom.